The third-order valence-corrected chi connectivity index (χ3v) is 5.65. The number of nitrogens with zero attached hydrogens (tertiary/aromatic N) is 1. The van der Waals surface area contributed by atoms with Gasteiger partial charge in [0.1, 0.15) is 0 Å². The van der Waals surface area contributed by atoms with Crippen molar-refractivity contribution in [2.24, 2.45) is 0 Å². The Morgan fingerprint density at radius 3 is 2.71 bits per heavy atom. The maximum absolute atomic E-state index is 3.47. The molecule has 0 saturated heterocycles. The zero-order chi connectivity index (χ0) is 15.1. The summed E-state index contributed by atoms with van der Waals surface area (Å²) in [4.78, 5) is 6.83. The highest BCUT2D eigenvalue weighted by Gasteiger charge is 2.12. The van der Waals surface area contributed by atoms with E-state index in [1.165, 1.54) is 21.1 Å². The number of hydrogen-bond acceptors (Lipinski definition) is 4. The van der Waals surface area contributed by atoms with Crippen LogP contribution in [0.4, 0.5) is 0 Å². The molecule has 116 valence electrons. The lowest BCUT2D eigenvalue weighted by molar-refractivity contribution is 0.251. The Morgan fingerprint density at radius 2 is 2.00 bits per heavy atom. The third-order valence-electron chi connectivity index (χ3n) is 3.68. The molecule has 2 aromatic rings. The lowest BCUT2D eigenvalue weighted by Crippen LogP contribution is -2.29. The quantitative estimate of drug-likeness (QED) is 0.690. The lowest BCUT2D eigenvalue weighted by Gasteiger charge is -2.23. The maximum atomic E-state index is 3.47. The van der Waals surface area contributed by atoms with E-state index in [1.807, 2.05) is 22.7 Å². The number of hydrogen-bond donors (Lipinski definition) is 1. The van der Waals surface area contributed by atoms with Crippen LogP contribution in [0, 0.1) is 0 Å². The second-order valence-corrected chi connectivity index (χ2v) is 7.88. The molecule has 0 saturated carbocycles. The van der Waals surface area contributed by atoms with Gasteiger partial charge in [-0.15, -0.1) is 22.7 Å². The van der Waals surface area contributed by atoms with Gasteiger partial charge >= 0.3 is 0 Å². The molecule has 2 nitrogen and oxygen atoms in total. The molecule has 21 heavy (non-hydrogen) atoms. The summed E-state index contributed by atoms with van der Waals surface area (Å²) in [7, 11) is 2.23. The third kappa shape index (κ3) is 5.55. The van der Waals surface area contributed by atoms with E-state index in [0.717, 1.165) is 26.1 Å². The minimum absolute atomic E-state index is 0.576. The minimum atomic E-state index is 0.576. The van der Waals surface area contributed by atoms with Crippen molar-refractivity contribution in [3.63, 3.8) is 0 Å². The van der Waals surface area contributed by atoms with E-state index in [4.69, 9.17) is 0 Å². The molecule has 0 bridgehead atoms. The fourth-order valence-electron chi connectivity index (χ4n) is 2.27. The van der Waals surface area contributed by atoms with Gasteiger partial charge in [0.15, 0.2) is 0 Å². The molecule has 0 amide bonds. The van der Waals surface area contributed by atoms with Crippen molar-refractivity contribution in [3.05, 3.63) is 44.3 Å². The van der Waals surface area contributed by atoms with Crippen LogP contribution in [0.2, 0.25) is 0 Å². The Balaban J connectivity index is 1.80. The van der Waals surface area contributed by atoms with Gasteiger partial charge in [-0.25, -0.2) is 0 Å². The molecule has 0 aliphatic heterocycles. The maximum Gasteiger partial charge on any atom is 0.0327 e. The van der Waals surface area contributed by atoms with Crippen LogP contribution in [0.1, 0.15) is 34.9 Å². The summed E-state index contributed by atoms with van der Waals surface area (Å²) in [6, 6.07) is 9.49. The molecular weight excluding hydrogens is 296 g/mol. The van der Waals surface area contributed by atoms with Crippen LogP contribution in [0.25, 0.3) is 0 Å². The smallest absolute Gasteiger partial charge is 0.0327 e. The van der Waals surface area contributed by atoms with Gasteiger partial charge in [0.25, 0.3) is 0 Å². The topological polar surface area (TPSA) is 15.3 Å². The highest BCUT2D eigenvalue weighted by Crippen LogP contribution is 2.20. The molecule has 1 atom stereocenters. The summed E-state index contributed by atoms with van der Waals surface area (Å²) < 4.78 is 0. The van der Waals surface area contributed by atoms with Crippen LogP contribution < -0.4 is 5.32 Å². The second-order valence-electron chi connectivity index (χ2n) is 5.59. The molecule has 2 heterocycles. The highest BCUT2D eigenvalue weighted by molar-refractivity contribution is 7.12. The zero-order valence-corrected chi connectivity index (χ0v) is 14.9. The molecule has 0 spiro atoms. The first-order valence-electron chi connectivity index (χ1n) is 7.70. The first-order valence-corrected chi connectivity index (χ1v) is 9.39. The lowest BCUT2D eigenvalue weighted by atomic mass is 10.2. The average molecular weight is 323 g/mol. The molecule has 1 N–H and O–H groups in total. The van der Waals surface area contributed by atoms with E-state index in [0.29, 0.717) is 6.04 Å². The predicted molar refractivity (Wildman–Crippen MR) is 95.3 cm³/mol. The van der Waals surface area contributed by atoms with Crippen molar-refractivity contribution < 1.29 is 0 Å². The number of nitrogens with one attached hydrogen (secondary N) is 1. The van der Waals surface area contributed by atoms with Gasteiger partial charge in [0.2, 0.25) is 0 Å². The first-order chi connectivity index (χ1) is 10.2. The van der Waals surface area contributed by atoms with E-state index in [9.17, 15) is 0 Å². The second kappa shape index (κ2) is 8.69. The molecule has 0 aliphatic rings. The Bertz CT molecular complexity index is 505. The normalized spacial score (nSPS) is 13.0. The monoisotopic (exact) mass is 322 g/mol. The molecule has 1 unspecified atom stereocenters. The summed E-state index contributed by atoms with van der Waals surface area (Å²) in [5.74, 6) is 0. The molecule has 0 fully saturated rings. The molecule has 0 aromatic carbocycles. The standard InChI is InChI=1S/C17H26N2S2/c1-4-9-18-12-16-7-8-17(21-16)13-19(3)14(2)11-15-6-5-10-20-15/h5-8,10,14,18H,4,9,11-13H2,1-3H3. The number of likely N-dealkylation sites (N-methyl/N-ethyl adjacent to an activating group) is 1. The number of thiophene rings is 2. The molecule has 0 radical (unpaired) electrons. The molecule has 2 aromatic heterocycles. The van der Waals surface area contributed by atoms with Gasteiger partial charge in [0, 0.05) is 33.8 Å². The van der Waals surface area contributed by atoms with Gasteiger partial charge in [-0.2, -0.15) is 0 Å². The van der Waals surface area contributed by atoms with Crippen molar-refractivity contribution >= 4 is 22.7 Å². The van der Waals surface area contributed by atoms with Crippen LogP contribution in [0.15, 0.2) is 29.6 Å². The Morgan fingerprint density at radius 1 is 1.19 bits per heavy atom. The Labute approximate surface area is 136 Å². The van der Waals surface area contributed by atoms with Gasteiger partial charge in [-0.1, -0.05) is 13.0 Å². The van der Waals surface area contributed by atoms with Crippen molar-refractivity contribution in [3.8, 4) is 0 Å². The summed E-state index contributed by atoms with van der Waals surface area (Å²) in [6.45, 7) is 7.68. The van der Waals surface area contributed by atoms with Gasteiger partial charge in [0.05, 0.1) is 0 Å². The summed E-state index contributed by atoms with van der Waals surface area (Å²) in [5, 5.41) is 5.63. The van der Waals surface area contributed by atoms with Crippen LogP contribution >= 0.6 is 22.7 Å². The highest BCUT2D eigenvalue weighted by atomic mass is 32.1. The average Bonchev–Trinajstić information content (AvgIpc) is 3.11. The zero-order valence-electron chi connectivity index (χ0n) is 13.3. The van der Waals surface area contributed by atoms with E-state index >= 15 is 0 Å². The fourth-order valence-corrected chi connectivity index (χ4v) is 4.15. The van der Waals surface area contributed by atoms with E-state index in [-0.39, 0.29) is 0 Å². The van der Waals surface area contributed by atoms with E-state index < -0.39 is 0 Å². The largest absolute Gasteiger partial charge is 0.312 e. The summed E-state index contributed by atoms with van der Waals surface area (Å²) >= 11 is 3.79. The van der Waals surface area contributed by atoms with Gasteiger partial charge in [-0.3, -0.25) is 4.90 Å². The predicted octanol–water partition coefficient (Wildman–Crippen LogP) is 4.37. The van der Waals surface area contributed by atoms with Crippen molar-refractivity contribution in [2.75, 3.05) is 13.6 Å². The molecular formula is C17H26N2S2. The minimum Gasteiger partial charge on any atom is -0.312 e. The summed E-state index contributed by atoms with van der Waals surface area (Å²) in [5.41, 5.74) is 0. The van der Waals surface area contributed by atoms with E-state index in [1.54, 1.807) is 0 Å². The Kier molecular flexibility index (Phi) is 6.90. The van der Waals surface area contributed by atoms with Gasteiger partial charge in [-0.05, 0) is 56.9 Å². The first kappa shape index (κ1) is 16.7. The summed E-state index contributed by atoms with van der Waals surface area (Å²) in [6.07, 6.45) is 2.34. The van der Waals surface area contributed by atoms with Crippen molar-refractivity contribution in [1.29, 1.82) is 0 Å². The fraction of sp³-hybridized carbons (Fsp3) is 0.529. The SMILES string of the molecule is CCCNCc1ccc(CN(C)C(C)Cc2cccs2)s1. The molecule has 4 heteroatoms. The van der Waals surface area contributed by atoms with Crippen LogP contribution in [0.3, 0.4) is 0 Å². The van der Waals surface area contributed by atoms with Crippen molar-refractivity contribution in [1.82, 2.24) is 10.2 Å². The van der Waals surface area contributed by atoms with Crippen LogP contribution in [0.5, 0.6) is 0 Å². The van der Waals surface area contributed by atoms with Gasteiger partial charge < -0.3 is 5.32 Å². The van der Waals surface area contributed by atoms with Crippen LogP contribution in [-0.4, -0.2) is 24.5 Å². The number of rotatable bonds is 9. The van der Waals surface area contributed by atoms with Crippen LogP contribution in [-0.2, 0) is 19.5 Å². The van der Waals surface area contributed by atoms with E-state index in [2.05, 4.69) is 60.8 Å². The molecule has 2 rings (SSSR count). The van der Waals surface area contributed by atoms with Crippen molar-refractivity contribution in [2.45, 2.75) is 45.8 Å². The molecule has 0 aliphatic carbocycles. The Hall–Kier alpha value is -0.680.